The van der Waals surface area contributed by atoms with E-state index < -0.39 is 18.7 Å². The molecule has 0 saturated heterocycles. The van der Waals surface area contributed by atoms with Crippen LogP contribution in [0.1, 0.15) is 83.9 Å². The van der Waals surface area contributed by atoms with Gasteiger partial charge in [-0.3, -0.25) is 0 Å². The van der Waals surface area contributed by atoms with Crippen LogP contribution in [-0.2, 0) is 18.7 Å². The second-order valence-corrected chi connectivity index (χ2v) is 13.3. The van der Waals surface area contributed by atoms with E-state index in [4.69, 9.17) is 18.7 Å². The van der Waals surface area contributed by atoms with Crippen LogP contribution in [-0.4, -0.2) is 21.5 Å². The van der Waals surface area contributed by atoms with Gasteiger partial charge < -0.3 is 0 Å². The monoisotopic (exact) mass is 703 g/mol. The van der Waals surface area contributed by atoms with Gasteiger partial charge in [-0.25, -0.2) is 0 Å². The van der Waals surface area contributed by atoms with Crippen molar-refractivity contribution < 1.29 is 28.1 Å². The zero-order valence-corrected chi connectivity index (χ0v) is 26.0. The van der Waals surface area contributed by atoms with Crippen LogP contribution >= 0.6 is 9.19 Å². The number of anilines is 1. The summed E-state index contributed by atoms with van der Waals surface area (Å²) < 4.78 is 12.6. The molecule has 2 heterocycles. The Morgan fingerprint density at radius 3 is 1.84 bits per heavy atom. The van der Waals surface area contributed by atoms with Gasteiger partial charge in [-0.2, -0.15) is 0 Å². The minimum absolute atomic E-state index is 0.00396. The average Bonchev–Trinajstić information content (AvgIpc) is 3.21. The number of allylic oxidation sites excluding steroid dienone is 3. The molecule has 0 N–H and O–H groups in total. The van der Waals surface area contributed by atoms with Gasteiger partial charge in [-0.05, 0) is 0 Å². The quantitative estimate of drug-likeness (QED) is 0.244. The molecule has 0 aliphatic carbocycles. The fourth-order valence-corrected chi connectivity index (χ4v) is 7.39. The molecular weight excluding hydrogens is 665 g/mol. The van der Waals surface area contributed by atoms with E-state index in [0.717, 1.165) is 28.5 Å². The fraction of sp³-hybridized carbons (Fsp3) is 0.419. The van der Waals surface area contributed by atoms with Gasteiger partial charge in [0.15, 0.2) is 0 Å². The van der Waals surface area contributed by atoms with Gasteiger partial charge in [0, 0.05) is 0 Å². The van der Waals surface area contributed by atoms with Crippen molar-refractivity contribution in [1.29, 1.82) is 0 Å². The van der Waals surface area contributed by atoms with Crippen molar-refractivity contribution >= 4 is 20.6 Å². The number of benzene rings is 2. The van der Waals surface area contributed by atoms with Crippen molar-refractivity contribution in [3.05, 3.63) is 83.2 Å². The predicted molar refractivity (Wildman–Crippen MR) is 152 cm³/mol. The molecule has 4 rings (SSSR count). The molecule has 203 valence electrons. The van der Waals surface area contributed by atoms with E-state index in [2.05, 4.69) is 108 Å². The van der Waals surface area contributed by atoms with Crippen LogP contribution in [0.15, 0.2) is 66.5 Å². The van der Waals surface area contributed by atoms with Crippen LogP contribution in [0.5, 0.6) is 11.5 Å². The number of hydrogen-bond acceptors (Lipinski definition) is 4. The topological polar surface area (TPSA) is 24.9 Å². The van der Waals surface area contributed by atoms with Crippen molar-refractivity contribution in [2.24, 2.45) is 0 Å². The molecule has 2 aromatic carbocycles. The van der Waals surface area contributed by atoms with Crippen LogP contribution in [0.3, 0.4) is 0 Å². The van der Waals surface area contributed by atoms with E-state index in [1.54, 1.807) is 0 Å². The maximum atomic E-state index is 6.90. The van der Waals surface area contributed by atoms with Crippen molar-refractivity contribution in [3.8, 4) is 11.5 Å². The molecule has 0 bridgehead atoms. The van der Waals surface area contributed by atoms with Crippen LogP contribution in [0.2, 0.25) is 0 Å². The third-order valence-corrected chi connectivity index (χ3v) is 8.91. The molecule has 0 spiro atoms. The third-order valence-electron chi connectivity index (χ3n) is 6.36. The van der Waals surface area contributed by atoms with E-state index in [-0.39, 0.29) is 16.6 Å². The number of nitrogens with zero attached hydrogens (tertiary/aromatic N) is 2. The van der Waals surface area contributed by atoms with Crippen LogP contribution < -0.4 is 14.4 Å². The van der Waals surface area contributed by atoms with Crippen molar-refractivity contribution in [3.63, 3.8) is 0 Å². The zero-order chi connectivity index (χ0) is 26.9. The van der Waals surface area contributed by atoms with Gasteiger partial charge in [0.25, 0.3) is 0 Å². The minimum atomic E-state index is -0.596. The maximum absolute atomic E-state index is 6.90. The summed E-state index contributed by atoms with van der Waals surface area (Å²) in [5.74, 6) is 2.44. The Morgan fingerprint density at radius 1 is 0.811 bits per heavy atom. The molecule has 0 fully saturated rings. The number of rotatable bonds is 9. The molecule has 6 heteroatoms. The molecule has 1 unspecified atom stereocenters. The van der Waals surface area contributed by atoms with Crippen LogP contribution in [0.25, 0.3) is 5.70 Å². The fourth-order valence-electron chi connectivity index (χ4n) is 4.88. The van der Waals surface area contributed by atoms with Crippen LogP contribution in [0, 0.1) is 0 Å². The summed E-state index contributed by atoms with van der Waals surface area (Å²) in [5, 5.41) is 0. The summed E-state index contributed by atoms with van der Waals surface area (Å²) in [5.41, 5.74) is 7.14. The first kappa shape index (κ1) is 27.9. The first-order valence-electron chi connectivity index (χ1n) is 13.1. The molecule has 2 aromatic rings. The van der Waals surface area contributed by atoms with E-state index in [0.29, 0.717) is 11.8 Å². The molecule has 4 nitrogen and oxygen atoms in total. The molecule has 2 aliphatic rings. The normalized spacial score (nSPS) is 17.3. The molecule has 0 aromatic heterocycles. The number of ether oxygens (including phenoxy) is 2. The zero-order valence-electron chi connectivity index (χ0n) is 23.1. The van der Waals surface area contributed by atoms with Gasteiger partial charge in [-0.15, -0.1) is 0 Å². The van der Waals surface area contributed by atoms with Gasteiger partial charge in [0.1, 0.15) is 0 Å². The van der Waals surface area contributed by atoms with Crippen LogP contribution in [0.4, 0.5) is 5.69 Å². The van der Waals surface area contributed by atoms with Gasteiger partial charge in [-0.1, -0.05) is 0 Å². The second kappa shape index (κ2) is 11.7. The van der Waals surface area contributed by atoms with Gasteiger partial charge >= 0.3 is 237 Å². The summed E-state index contributed by atoms with van der Waals surface area (Å²) in [7, 11) is 6.90. The summed E-state index contributed by atoms with van der Waals surface area (Å²) in [6, 6.07) is 12.8. The second-order valence-electron chi connectivity index (χ2n) is 10.6. The molecule has 0 saturated carbocycles. The Hall–Kier alpha value is -2.11. The predicted octanol–water partition coefficient (Wildman–Crippen LogP) is 8.60. The van der Waals surface area contributed by atoms with E-state index >= 15 is 0 Å². The number of halogens is 1. The van der Waals surface area contributed by atoms with E-state index in [9.17, 15) is 0 Å². The van der Waals surface area contributed by atoms with Gasteiger partial charge in [0.05, 0.1) is 0 Å². The SMILES string of the molecule is CC(C)Oc1cccc(OC(C)C)c1C1=CC=CC2=CN(c3c(C(C)C)cccc3C(C)C)[CH]([Au][Cl])N21. The summed E-state index contributed by atoms with van der Waals surface area (Å²) in [4.78, 5) is 4.80. The van der Waals surface area contributed by atoms with Crippen molar-refractivity contribution in [2.45, 2.75) is 83.8 Å². The Labute approximate surface area is 236 Å². The standard InChI is InChI=1S/C31H39N2O2.Au.ClH/c1-20(2)25-13-10-14-26(21(3)4)31(25)32-18-24-12-9-15-27(33(24)19-32)30-28(34-22(5)6)16-11-17-29(30)35-23(7)8;;/h9-23H,1-8H3;;1H/q;+1;/p-1. The number of fused-ring (bicyclic) bond motifs is 1. The average molecular weight is 704 g/mol. The van der Waals surface area contributed by atoms with E-state index in [1.165, 1.54) is 16.8 Å². The van der Waals surface area contributed by atoms with E-state index in [1.807, 2.05) is 18.2 Å². The number of para-hydroxylation sites is 1. The summed E-state index contributed by atoms with van der Waals surface area (Å²) >= 11 is -0.596. The first-order valence-corrected chi connectivity index (χ1v) is 17.0. The Kier molecular flexibility index (Phi) is 8.85. The molecule has 1 atom stereocenters. The molecule has 2 aliphatic heterocycles. The molecular formula is C31H39AuClN2O2. The molecule has 37 heavy (non-hydrogen) atoms. The first-order chi connectivity index (χ1) is 17.6. The Bertz CT molecular complexity index is 1160. The summed E-state index contributed by atoms with van der Waals surface area (Å²) in [6.45, 7) is 17.3. The van der Waals surface area contributed by atoms with Crippen molar-refractivity contribution in [1.82, 2.24) is 4.90 Å². The van der Waals surface area contributed by atoms with Crippen molar-refractivity contribution in [2.75, 3.05) is 4.90 Å². The molecule has 0 radical (unpaired) electrons. The third kappa shape index (κ3) is 5.68. The number of hydrogen-bond donors (Lipinski definition) is 0. The summed E-state index contributed by atoms with van der Waals surface area (Å²) in [6.07, 6.45) is 8.81. The Morgan fingerprint density at radius 2 is 1.35 bits per heavy atom. The van der Waals surface area contributed by atoms with Gasteiger partial charge in [0.2, 0.25) is 0 Å². The Balaban J connectivity index is 1.88. The molecule has 0 amide bonds.